The third-order valence-corrected chi connectivity index (χ3v) is 5.14. The zero-order chi connectivity index (χ0) is 22.3. The van der Waals surface area contributed by atoms with Crippen molar-refractivity contribution in [2.75, 3.05) is 6.54 Å². The van der Waals surface area contributed by atoms with Crippen molar-refractivity contribution >= 4 is 17.3 Å². The maximum atomic E-state index is 12.7. The number of pyridine rings is 1. The van der Waals surface area contributed by atoms with Gasteiger partial charge in [0.2, 0.25) is 0 Å². The monoisotopic (exact) mass is 449 g/mol. The zero-order valence-electron chi connectivity index (χ0n) is 16.8. The van der Waals surface area contributed by atoms with E-state index in [0.717, 1.165) is 27.8 Å². The Morgan fingerprint density at radius 1 is 1.13 bits per heavy atom. The van der Waals surface area contributed by atoms with Gasteiger partial charge in [-0.15, -0.1) is 11.3 Å². The Labute approximate surface area is 181 Å². The van der Waals surface area contributed by atoms with Gasteiger partial charge >= 0.3 is 6.18 Å². The van der Waals surface area contributed by atoms with Crippen LogP contribution in [-0.2, 0) is 25.8 Å². The van der Waals surface area contributed by atoms with Gasteiger partial charge in [0.05, 0.1) is 19.6 Å². The van der Waals surface area contributed by atoms with Crippen LogP contribution in [0.1, 0.15) is 28.8 Å². The number of guanidine groups is 1. The van der Waals surface area contributed by atoms with Gasteiger partial charge in [0.1, 0.15) is 5.01 Å². The number of halogens is 3. The molecular formula is C21H22F3N5OS. The smallest absolute Gasteiger partial charge is 0.357 e. The van der Waals surface area contributed by atoms with E-state index in [2.05, 4.69) is 20.6 Å². The summed E-state index contributed by atoms with van der Waals surface area (Å²) in [5.41, 5.74) is 1.03. The number of hydrogen-bond acceptors (Lipinski definition) is 4. The first-order valence-corrected chi connectivity index (χ1v) is 10.5. The van der Waals surface area contributed by atoms with E-state index in [-0.39, 0.29) is 12.1 Å². The van der Waals surface area contributed by atoms with Crippen LogP contribution in [-0.4, -0.2) is 22.1 Å². The summed E-state index contributed by atoms with van der Waals surface area (Å²) < 4.78 is 39.6. The molecule has 0 saturated carbocycles. The van der Waals surface area contributed by atoms with Gasteiger partial charge in [-0.3, -0.25) is 4.79 Å². The van der Waals surface area contributed by atoms with Crippen LogP contribution < -0.4 is 16.2 Å². The molecule has 2 N–H and O–H groups in total. The number of aliphatic imine (C=N–C) groups is 1. The summed E-state index contributed by atoms with van der Waals surface area (Å²) >= 11 is 0.954. The normalized spacial score (nSPS) is 12.1. The van der Waals surface area contributed by atoms with Gasteiger partial charge in [0.15, 0.2) is 11.7 Å². The maximum Gasteiger partial charge on any atom is 0.434 e. The van der Waals surface area contributed by atoms with Crippen LogP contribution in [0.3, 0.4) is 0 Å². The largest absolute Gasteiger partial charge is 0.434 e. The van der Waals surface area contributed by atoms with Crippen molar-refractivity contribution in [2.45, 2.75) is 32.7 Å². The number of thiazole rings is 1. The van der Waals surface area contributed by atoms with Gasteiger partial charge in [-0.05, 0) is 24.1 Å². The van der Waals surface area contributed by atoms with Crippen LogP contribution >= 0.6 is 11.3 Å². The van der Waals surface area contributed by atoms with Crippen LogP contribution in [0.2, 0.25) is 0 Å². The van der Waals surface area contributed by atoms with E-state index in [1.165, 1.54) is 6.07 Å². The molecule has 0 amide bonds. The van der Waals surface area contributed by atoms with Gasteiger partial charge in [0, 0.05) is 24.2 Å². The number of nitrogens with one attached hydrogen (secondary N) is 2. The first kappa shape index (κ1) is 22.5. The molecule has 3 aromatic rings. The molecule has 0 bridgehead atoms. The van der Waals surface area contributed by atoms with Crippen LogP contribution in [0.25, 0.3) is 0 Å². The van der Waals surface area contributed by atoms with E-state index in [1.54, 1.807) is 16.8 Å². The molecule has 164 valence electrons. The molecule has 31 heavy (non-hydrogen) atoms. The van der Waals surface area contributed by atoms with Crippen molar-refractivity contribution in [1.29, 1.82) is 0 Å². The van der Waals surface area contributed by atoms with Crippen molar-refractivity contribution in [3.05, 3.63) is 86.2 Å². The lowest BCUT2D eigenvalue weighted by atomic mass is 10.1. The average Bonchev–Trinajstić information content (AvgIpc) is 3.22. The minimum Gasteiger partial charge on any atom is -0.357 e. The molecule has 0 aliphatic rings. The third-order valence-electron chi connectivity index (χ3n) is 4.29. The Morgan fingerprint density at radius 2 is 1.87 bits per heavy atom. The van der Waals surface area contributed by atoms with Crippen LogP contribution in [0, 0.1) is 0 Å². The highest BCUT2D eigenvalue weighted by molar-refractivity contribution is 7.09. The predicted octanol–water partition coefficient (Wildman–Crippen LogP) is 3.63. The fraction of sp³-hybridized carbons (Fsp3) is 0.286. The Hall–Kier alpha value is -3.14. The fourth-order valence-corrected chi connectivity index (χ4v) is 3.47. The van der Waals surface area contributed by atoms with E-state index < -0.39 is 11.9 Å². The molecule has 6 nitrogen and oxygen atoms in total. The van der Waals surface area contributed by atoms with E-state index in [0.29, 0.717) is 30.6 Å². The molecule has 2 aromatic heterocycles. The Bertz CT molecular complexity index is 1070. The van der Waals surface area contributed by atoms with Gasteiger partial charge in [-0.25, -0.2) is 9.98 Å². The average molecular weight is 450 g/mol. The molecule has 0 saturated heterocycles. The van der Waals surface area contributed by atoms with Crippen molar-refractivity contribution in [3.8, 4) is 0 Å². The molecule has 0 unspecified atom stereocenters. The minimum absolute atomic E-state index is 0.0554. The van der Waals surface area contributed by atoms with Crippen LogP contribution in [0.4, 0.5) is 13.2 Å². The number of rotatable bonds is 7. The number of hydrogen-bond donors (Lipinski definition) is 2. The van der Waals surface area contributed by atoms with Crippen molar-refractivity contribution in [3.63, 3.8) is 0 Å². The topological polar surface area (TPSA) is 71.3 Å². The SMILES string of the molecule is CCNC(=NCc1ccc(Cn2ccccc2=O)cc1)NCc1nc(C(F)(F)F)cs1. The lowest BCUT2D eigenvalue weighted by Crippen LogP contribution is -2.36. The highest BCUT2D eigenvalue weighted by Crippen LogP contribution is 2.29. The Balaban J connectivity index is 1.59. The van der Waals surface area contributed by atoms with E-state index in [1.807, 2.05) is 37.3 Å². The second-order valence-corrected chi connectivity index (χ2v) is 7.60. The first-order chi connectivity index (χ1) is 14.8. The number of nitrogens with zero attached hydrogens (tertiary/aromatic N) is 3. The second kappa shape index (κ2) is 10.3. The zero-order valence-corrected chi connectivity index (χ0v) is 17.6. The summed E-state index contributed by atoms with van der Waals surface area (Å²) in [6.45, 7) is 3.55. The molecule has 0 aliphatic carbocycles. The van der Waals surface area contributed by atoms with Crippen molar-refractivity contribution in [1.82, 2.24) is 20.2 Å². The van der Waals surface area contributed by atoms with E-state index >= 15 is 0 Å². The molecular weight excluding hydrogens is 427 g/mol. The Kier molecular flexibility index (Phi) is 7.45. The molecule has 0 radical (unpaired) electrons. The standard InChI is InChI=1S/C21H22F3N5OS/c1-2-25-20(27-12-18-28-17(14-31-18)21(22,23)24)26-11-15-6-8-16(9-7-15)13-29-10-4-3-5-19(29)30/h3-10,14H,2,11-13H2,1H3,(H2,25,26,27). The quantitative estimate of drug-likeness (QED) is 0.427. The van der Waals surface area contributed by atoms with Gasteiger partial charge in [-0.1, -0.05) is 30.3 Å². The van der Waals surface area contributed by atoms with Crippen molar-refractivity contribution < 1.29 is 13.2 Å². The number of alkyl halides is 3. The van der Waals surface area contributed by atoms with Gasteiger partial charge in [0.25, 0.3) is 5.56 Å². The maximum absolute atomic E-state index is 12.7. The highest BCUT2D eigenvalue weighted by Gasteiger charge is 2.33. The van der Waals surface area contributed by atoms with Gasteiger partial charge < -0.3 is 15.2 Å². The summed E-state index contributed by atoms with van der Waals surface area (Å²) in [6, 6.07) is 12.8. The predicted molar refractivity (Wildman–Crippen MR) is 115 cm³/mol. The van der Waals surface area contributed by atoms with E-state index in [9.17, 15) is 18.0 Å². The first-order valence-electron chi connectivity index (χ1n) is 9.62. The molecule has 10 heteroatoms. The molecule has 2 heterocycles. The molecule has 0 spiro atoms. The summed E-state index contributed by atoms with van der Waals surface area (Å²) in [6.07, 6.45) is -2.69. The van der Waals surface area contributed by atoms with Crippen LogP contribution in [0.5, 0.6) is 0 Å². The fourth-order valence-electron chi connectivity index (χ4n) is 2.73. The summed E-state index contributed by atoms with van der Waals surface area (Å²) in [5, 5.41) is 7.41. The molecule has 0 aliphatic heterocycles. The van der Waals surface area contributed by atoms with E-state index in [4.69, 9.17) is 0 Å². The lowest BCUT2D eigenvalue weighted by Gasteiger charge is -2.10. The molecule has 1 aromatic carbocycles. The third kappa shape index (κ3) is 6.68. The highest BCUT2D eigenvalue weighted by atomic mass is 32.1. The second-order valence-electron chi connectivity index (χ2n) is 6.66. The molecule has 0 fully saturated rings. The Morgan fingerprint density at radius 3 is 2.52 bits per heavy atom. The summed E-state index contributed by atoms with van der Waals surface area (Å²) in [4.78, 5) is 19.9. The van der Waals surface area contributed by atoms with Crippen LogP contribution in [0.15, 0.2) is 63.8 Å². The van der Waals surface area contributed by atoms with Gasteiger partial charge in [-0.2, -0.15) is 13.2 Å². The number of benzene rings is 1. The lowest BCUT2D eigenvalue weighted by molar-refractivity contribution is -0.140. The minimum atomic E-state index is -4.44. The summed E-state index contributed by atoms with van der Waals surface area (Å²) in [7, 11) is 0. The molecule has 0 atom stereocenters. The number of aromatic nitrogens is 2. The molecule has 3 rings (SSSR count). The summed E-state index contributed by atoms with van der Waals surface area (Å²) in [5.74, 6) is 0.492. The van der Waals surface area contributed by atoms with Crippen molar-refractivity contribution in [2.24, 2.45) is 4.99 Å².